The largest absolute Gasteiger partial charge is 0.388 e. The number of hydrogen-bond acceptors (Lipinski definition) is 2. The number of nitrogens with one attached hydrogen (secondary N) is 2. The Labute approximate surface area is 127 Å². The van der Waals surface area contributed by atoms with E-state index < -0.39 is 0 Å². The maximum absolute atomic E-state index is 11.9. The van der Waals surface area contributed by atoms with Crippen LogP contribution < -0.4 is 10.6 Å². The van der Waals surface area contributed by atoms with Crippen molar-refractivity contribution < 1.29 is 4.79 Å². The molecule has 0 saturated heterocycles. The number of amides is 1. The molecule has 0 spiro atoms. The van der Waals surface area contributed by atoms with Crippen molar-refractivity contribution in [2.75, 3.05) is 18.9 Å². The first-order chi connectivity index (χ1) is 9.69. The molecule has 3 nitrogen and oxygen atoms in total. The van der Waals surface area contributed by atoms with Crippen LogP contribution in [-0.4, -0.2) is 19.5 Å². The van der Waals surface area contributed by atoms with E-state index in [4.69, 9.17) is 0 Å². The second-order valence-electron chi connectivity index (χ2n) is 4.46. The summed E-state index contributed by atoms with van der Waals surface area (Å²) in [6, 6.07) is 15.5. The highest BCUT2D eigenvalue weighted by Crippen LogP contribution is 2.11. The Balaban J connectivity index is 1.83. The maximum Gasteiger partial charge on any atom is 0.251 e. The fourth-order valence-corrected chi connectivity index (χ4v) is 2.13. The van der Waals surface area contributed by atoms with Gasteiger partial charge in [0.25, 0.3) is 5.91 Å². The third-order valence-corrected chi connectivity index (χ3v) is 3.58. The highest BCUT2D eigenvalue weighted by Gasteiger charge is 2.04. The van der Waals surface area contributed by atoms with Crippen LogP contribution in [0.15, 0.2) is 53.0 Å². The Morgan fingerprint density at radius 3 is 2.30 bits per heavy atom. The van der Waals surface area contributed by atoms with Gasteiger partial charge in [0.1, 0.15) is 0 Å². The molecular weight excluding hydrogens is 316 g/mol. The van der Waals surface area contributed by atoms with Crippen molar-refractivity contribution in [3.05, 3.63) is 64.1 Å². The van der Waals surface area contributed by atoms with E-state index in [-0.39, 0.29) is 5.91 Å². The zero-order valence-corrected chi connectivity index (χ0v) is 12.9. The first kappa shape index (κ1) is 14.6. The molecule has 0 heterocycles. The summed E-state index contributed by atoms with van der Waals surface area (Å²) in [6.45, 7) is 0.633. The lowest BCUT2D eigenvalue weighted by Crippen LogP contribution is -2.25. The molecule has 2 N–H and O–H groups in total. The molecule has 2 aromatic rings. The van der Waals surface area contributed by atoms with Gasteiger partial charge in [0.05, 0.1) is 0 Å². The van der Waals surface area contributed by atoms with E-state index in [1.54, 1.807) is 0 Å². The number of hydrogen-bond donors (Lipinski definition) is 2. The second-order valence-corrected chi connectivity index (χ2v) is 5.38. The minimum absolute atomic E-state index is 0.0373. The smallest absolute Gasteiger partial charge is 0.251 e. The molecular formula is C16H17BrN2O. The third kappa shape index (κ3) is 4.10. The fourth-order valence-electron chi connectivity index (χ4n) is 1.86. The molecule has 0 fully saturated rings. The van der Waals surface area contributed by atoms with Crippen LogP contribution in [0, 0.1) is 0 Å². The topological polar surface area (TPSA) is 41.1 Å². The quantitative estimate of drug-likeness (QED) is 0.880. The summed E-state index contributed by atoms with van der Waals surface area (Å²) < 4.78 is 1.06. The molecule has 0 aliphatic heterocycles. The first-order valence-electron chi connectivity index (χ1n) is 6.49. The van der Waals surface area contributed by atoms with E-state index in [9.17, 15) is 4.79 Å². The number of carbonyl (C=O) groups is 1. The monoisotopic (exact) mass is 332 g/mol. The number of carbonyl (C=O) groups excluding carboxylic acids is 1. The Bertz CT molecular complexity index is 564. The van der Waals surface area contributed by atoms with Gasteiger partial charge in [-0.15, -0.1) is 0 Å². The van der Waals surface area contributed by atoms with Gasteiger partial charge in [-0.25, -0.2) is 0 Å². The molecule has 0 bridgehead atoms. The molecule has 20 heavy (non-hydrogen) atoms. The zero-order chi connectivity index (χ0) is 14.4. The molecule has 0 radical (unpaired) electrons. The van der Waals surface area contributed by atoms with Gasteiger partial charge < -0.3 is 10.6 Å². The molecule has 0 aromatic heterocycles. The summed E-state index contributed by atoms with van der Waals surface area (Å²) in [6.07, 6.45) is 0.827. The average Bonchev–Trinajstić information content (AvgIpc) is 2.49. The molecule has 2 rings (SSSR count). The number of rotatable bonds is 5. The molecule has 1 amide bonds. The van der Waals surface area contributed by atoms with Crippen LogP contribution in [0.5, 0.6) is 0 Å². The fraction of sp³-hybridized carbons (Fsp3) is 0.188. The van der Waals surface area contributed by atoms with Crippen LogP contribution in [0.3, 0.4) is 0 Å². The van der Waals surface area contributed by atoms with Crippen molar-refractivity contribution in [3.63, 3.8) is 0 Å². The standard InChI is InChI=1S/C16H17BrN2O/c1-18-15-8-4-13(5-9-15)16(20)19-11-10-12-2-6-14(17)7-3-12/h2-9,18H,10-11H2,1H3,(H,19,20). The Morgan fingerprint density at radius 1 is 1.05 bits per heavy atom. The highest BCUT2D eigenvalue weighted by atomic mass is 79.9. The lowest BCUT2D eigenvalue weighted by molar-refractivity contribution is 0.0954. The van der Waals surface area contributed by atoms with Crippen molar-refractivity contribution in [1.82, 2.24) is 5.32 Å². The van der Waals surface area contributed by atoms with E-state index >= 15 is 0 Å². The highest BCUT2D eigenvalue weighted by molar-refractivity contribution is 9.10. The third-order valence-electron chi connectivity index (χ3n) is 3.05. The van der Waals surface area contributed by atoms with Gasteiger partial charge in [0.15, 0.2) is 0 Å². The normalized spacial score (nSPS) is 10.1. The van der Waals surface area contributed by atoms with Crippen molar-refractivity contribution in [1.29, 1.82) is 0 Å². The number of halogens is 1. The summed E-state index contributed by atoms with van der Waals surface area (Å²) in [5.74, 6) is -0.0373. The minimum Gasteiger partial charge on any atom is -0.388 e. The lowest BCUT2D eigenvalue weighted by atomic mass is 10.1. The second kappa shape index (κ2) is 7.10. The van der Waals surface area contributed by atoms with Gasteiger partial charge in [0, 0.05) is 29.3 Å². The average molecular weight is 333 g/mol. The molecule has 0 aliphatic carbocycles. The van der Waals surface area contributed by atoms with Crippen LogP contribution in [0.25, 0.3) is 0 Å². The summed E-state index contributed by atoms with van der Waals surface area (Å²) >= 11 is 3.40. The molecule has 104 valence electrons. The molecule has 0 aliphatic rings. The Morgan fingerprint density at radius 2 is 1.70 bits per heavy atom. The maximum atomic E-state index is 11.9. The predicted octanol–water partition coefficient (Wildman–Crippen LogP) is 3.46. The van der Waals surface area contributed by atoms with Crippen molar-refractivity contribution in [2.45, 2.75) is 6.42 Å². The Hall–Kier alpha value is -1.81. The zero-order valence-electron chi connectivity index (χ0n) is 11.3. The van der Waals surface area contributed by atoms with Crippen LogP contribution in [0.2, 0.25) is 0 Å². The lowest BCUT2D eigenvalue weighted by Gasteiger charge is -2.06. The van der Waals surface area contributed by atoms with Crippen LogP contribution in [-0.2, 0) is 6.42 Å². The minimum atomic E-state index is -0.0373. The summed E-state index contributed by atoms with van der Waals surface area (Å²) in [5.41, 5.74) is 2.88. The van der Waals surface area contributed by atoms with Gasteiger partial charge in [-0.2, -0.15) is 0 Å². The van der Waals surface area contributed by atoms with Crippen LogP contribution >= 0.6 is 15.9 Å². The molecule has 2 aromatic carbocycles. The summed E-state index contributed by atoms with van der Waals surface area (Å²) in [7, 11) is 1.85. The van der Waals surface area contributed by atoms with E-state index in [0.717, 1.165) is 16.6 Å². The van der Waals surface area contributed by atoms with Crippen LogP contribution in [0.4, 0.5) is 5.69 Å². The summed E-state index contributed by atoms with van der Waals surface area (Å²) in [5, 5.41) is 5.96. The van der Waals surface area contributed by atoms with Gasteiger partial charge in [-0.05, 0) is 48.4 Å². The molecule has 4 heteroatoms. The van der Waals surface area contributed by atoms with Crippen molar-refractivity contribution in [2.24, 2.45) is 0 Å². The van der Waals surface area contributed by atoms with Gasteiger partial charge in [-0.1, -0.05) is 28.1 Å². The Kier molecular flexibility index (Phi) is 5.18. The van der Waals surface area contributed by atoms with E-state index in [0.29, 0.717) is 12.1 Å². The number of anilines is 1. The van der Waals surface area contributed by atoms with E-state index in [1.165, 1.54) is 5.56 Å². The molecule has 0 atom stereocenters. The van der Waals surface area contributed by atoms with Gasteiger partial charge >= 0.3 is 0 Å². The van der Waals surface area contributed by atoms with Crippen LogP contribution in [0.1, 0.15) is 15.9 Å². The molecule has 0 saturated carbocycles. The summed E-state index contributed by atoms with van der Waals surface area (Å²) in [4.78, 5) is 11.9. The molecule has 0 unspecified atom stereocenters. The van der Waals surface area contributed by atoms with Gasteiger partial charge in [-0.3, -0.25) is 4.79 Å². The van der Waals surface area contributed by atoms with E-state index in [2.05, 4.69) is 38.7 Å². The number of benzene rings is 2. The predicted molar refractivity (Wildman–Crippen MR) is 86.2 cm³/mol. The van der Waals surface area contributed by atoms with Crippen molar-refractivity contribution >= 4 is 27.5 Å². The van der Waals surface area contributed by atoms with Gasteiger partial charge in [0.2, 0.25) is 0 Å². The van der Waals surface area contributed by atoms with Crippen molar-refractivity contribution in [3.8, 4) is 0 Å². The van der Waals surface area contributed by atoms with E-state index in [1.807, 2.05) is 43.4 Å². The SMILES string of the molecule is CNc1ccc(C(=O)NCCc2ccc(Br)cc2)cc1. The first-order valence-corrected chi connectivity index (χ1v) is 7.29.